The Labute approximate surface area is 126 Å². The van der Waals surface area contributed by atoms with Crippen molar-refractivity contribution in [2.75, 3.05) is 6.54 Å². The van der Waals surface area contributed by atoms with Gasteiger partial charge >= 0.3 is 5.97 Å². The summed E-state index contributed by atoms with van der Waals surface area (Å²) >= 11 is 3.25. The molecule has 1 saturated heterocycles. The van der Waals surface area contributed by atoms with Crippen LogP contribution in [0.2, 0.25) is 0 Å². The monoisotopic (exact) mass is 361 g/mol. The average molecular weight is 362 g/mol. The van der Waals surface area contributed by atoms with Crippen LogP contribution < -0.4 is 0 Å². The quantitative estimate of drug-likeness (QED) is 0.895. The van der Waals surface area contributed by atoms with Gasteiger partial charge < -0.3 is 5.11 Å². The minimum absolute atomic E-state index is 0.159. The van der Waals surface area contributed by atoms with Crippen LogP contribution in [0.25, 0.3) is 0 Å². The van der Waals surface area contributed by atoms with Gasteiger partial charge in [0.1, 0.15) is 6.04 Å². The third-order valence-corrected chi connectivity index (χ3v) is 6.16. The third kappa shape index (κ3) is 2.62. The topological polar surface area (TPSA) is 74.7 Å². The highest BCUT2D eigenvalue weighted by atomic mass is 79.9. The molecule has 1 aliphatic rings. The molecule has 2 rings (SSSR count). The van der Waals surface area contributed by atoms with Crippen LogP contribution in [0, 0.1) is 12.8 Å². The van der Waals surface area contributed by atoms with E-state index in [2.05, 4.69) is 15.9 Å². The predicted molar refractivity (Wildman–Crippen MR) is 78.0 cm³/mol. The molecule has 1 N–H and O–H groups in total. The fraction of sp³-hybridized carbons (Fsp3) is 0.462. The molecule has 0 bridgehead atoms. The average Bonchev–Trinajstić information content (AvgIpc) is 2.75. The molecule has 5 nitrogen and oxygen atoms in total. The molecule has 110 valence electrons. The maximum atomic E-state index is 12.7. The molecule has 2 unspecified atom stereocenters. The van der Waals surface area contributed by atoms with Gasteiger partial charge in [0.15, 0.2) is 0 Å². The lowest BCUT2D eigenvalue weighted by atomic mass is 10.0. The zero-order valence-corrected chi connectivity index (χ0v) is 13.6. The molecule has 0 amide bonds. The van der Waals surface area contributed by atoms with E-state index in [-0.39, 0.29) is 17.4 Å². The minimum atomic E-state index is -3.80. The van der Waals surface area contributed by atoms with Gasteiger partial charge in [-0.05, 0) is 37.0 Å². The van der Waals surface area contributed by atoms with E-state index >= 15 is 0 Å². The molecule has 20 heavy (non-hydrogen) atoms. The molecule has 1 aliphatic heterocycles. The summed E-state index contributed by atoms with van der Waals surface area (Å²) in [4.78, 5) is 11.5. The van der Waals surface area contributed by atoms with E-state index in [9.17, 15) is 18.3 Å². The van der Waals surface area contributed by atoms with Gasteiger partial charge in [-0.15, -0.1) is 0 Å². The molecule has 0 spiro atoms. The second-order valence-electron chi connectivity index (χ2n) is 5.07. The first-order valence-corrected chi connectivity index (χ1v) is 8.49. The van der Waals surface area contributed by atoms with Crippen LogP contribution in [0.15, 0.2) is 27.6 Å². The fourth-order valence-electron chi connectivity index (χ4n) is 2.53. The number of nitrogens with zero attached hydrogens (tertiary/aromatic N) is 1. The summed E-state index contributed by atoms with van der Waals surface area (Å²) in [6.07, 6.45) is 0.559. The van der Waals surface area contributed by atoms with Crippen molar-refractivity contribution >= 4 is 31.9 Å². The summed E-state index contributed by atoms with van der Waals surface area (Å²) in [7, 11) is -3.80. The molecule has 1 aromatic rings. The van der Waals surface area contributed by atoms with Crippen molar-refractivity contribution in [3.63, 3.8) is 0 Å². The number of aryl methyl sites for hydroxylation is 1. The predicted octanol–water partition coefficient (Wildman–Crippen LogP) is 2.24. The number of sulfonamides is 1. The van der Waals surface area contributed by atoms with E-state index in [0.29, 0.717) is 16.5 Å². The summed E-state index contributed by atoms with van der Waals surface area (Å²) in [6, 6.07) is 3.99. The number of rotatable bonds is 3. The van der Waals surface area contributed by atoms with E-state index in [1.54, 1.807) is 26.0 Å². The normalized spacial score (nSPS) is 23.9. The first kappa shape index (κ1) is 15.5. The van der Waals surface area contributed by atoms with E-state index in [1.807, 2.05) is 0 Å². The molecular formula is C13H16BrNO4S. The summed E-state index contributed by atoms with van der Waals surface area (Å²) in [5.74, 6) is -1.28. The number of hydrogen-bond donors (Lipinski definition) is 1. The zero-order valence-electron chi connectivity index (χ0n) is 11.2. The Balaban J connectivity index is 2.50. The van der Waals surface area contributed by atoms with E-state index < -0.39 is 22.0 Å². The van der Waals surface area contributed by atoms with E-state index in [4.69, 9.17) is 0 Å². The number of carboxylic acid groups (broad SMARTS) is 1. The van der Waals surface area contributed by atoms with E-state index in [1.165, 1.54) is 6.07 Å². The summed E-state index contributed by atoms with van der Waals surface area (Å²) in [5.41, 5.74) is 0.608. The Morgan fingerprint density at radius 1 is 1.45 bits per heavy atom. The van der Waals surface area contributed by atoms with Gasteiger partial charge in [-0.1, -0.05) is 28.9 Å². The second-order valence-corrected chi connectivity index (χ2v) is 7.85. The van der Waals surface area contributed by atoms with Crippen LogP contribution in [0.1, 0.15) is 18.9 Å². The molecule has 0 aromatic heterocycles. The van der Waals surface area contributed by atoms with Crippen molar-refractivity contribution < 1.29 is 18.3 Å². The Kier molecular flexibility index (Phi) is 4.22. The van der Waals surface area contributed by atoms with Gasteiger partial charge in [-0.25, -0.2) is 8.42 Å². The second kappa shape index (κ2) is 5.46. The van der Waals surface area contributed by atoms with Crippen molar-refractivity contribution in [3.05, 3.63) is 28.2 Å². The SMILES string of the molecule is Cc1ccc(Br)cc1S(=O)(=O)N1CCC(C)C1C(=O)O. The lowest BCUT2D eigenvalue weighted by Crippen LogP contribution is -2.42. The first-order chi connectivity index (χ1) is 9.25. The van der Waals surface area contributed by atoms with Gasteiger partial charge in [0.05, 0.1) is 4.90 Å². The van der Waals surface area contributed by atoms with Gasteiger partial charge in [0.2, 0.25) is 10.0 Å². The molecule has 1 aromatic carbocycles. The summed E-state index contributed by atoms with van der Waals surface area (Å²) in [5, 5.41) is 9.27. The van der Waals surface area contributed by atoms with Crippen molar-refractivity contribution in [2.45, 2.75) is 31.2 Å². The zero-order chi connectivity index (χ0) is 15.1. The Morgan fingerprint density at radius 3 is 2.70 bits per heavy atom. The highest BCUT2D eigenvalue weighted by Crippen LogP contribution is 2.32. The molecule has 0 saturated carbocycles. The standard InChI is InChI=1S/C13H16BrNO4S/c1-8-3-4-10(14)7-11(8)20(18,19)15-6-5-9(2)12(15)13(16)17/h3-4,7,9,12H,5-6H2,1-2H3,(H,16,17). The van der Waals surface area contributed by atoms with Gasteiger partial charge in [-0.3, -0.25) is 4.79 Å². The molecule has 0 aliphatic carbocycles. The molecule has 0 radical (unpaired) electrons. The molecule has 1 heterocycles. The van der Waals surface area contributed by atoms with Crippen LogP contribution in [0.4, 0.5) is 0 Å². The highest BCUT2D eigenvalue weighted by molar-refractivity contribution is 9.10. The molecule has 1 fully saturated rings. The van der Waals surface area contributed by atoms with E-state index in [0.717, 1.165) is 4.31 Å². The first-order valence-electron chi connectivity index (χ1n) is 6.26. The Hall–Kier alpha value is -0.920. The number of hydrogen-bond acceptors (Lipinski definition) is 3. The number of halogens is 1. The summed E-state index contributed by atoms with van der Waals surface area (Å²) in [6.45, 7) is 3.71. The van der Waals surface area contributed by atoms with Crippen LogP contribution in [-0.2, 0) is 14.8 Å². The van der Waals surface area contributed by atoms with Crippen molar-refractivity contribution in [1.29, 1.82) is 0 Å². The lowest BCUT2D eigenvalue weighted by Gasteiger charge is -2.23. The van der Waals surface area contributed by atoms with Crippen LogP contribution in [0.3, 0.4) is 0 Å². The lowest BCUT2D eigenvalue weighted by molar-refractivity contribution is -0.141. The molecule has 2 atom stereocenters. The summed E-state index contributed by atoms with van der Waals surface area (Å²) < 4.78 is 27.2. The number of carbonyl (C=O) groups is 1. The smallest absolute Gasteiger partial charge is 0.322 e. The molecule has 7 heteroatoms. The third-order valence-electron chi connectivity index (χ3n) is 3.64. The van der Waals surface area contributed by atoms with Crippen molar-refractivity contribution in [1.82, 2.24) is 4.31 Å². The Bertz CT molecular complexity index is 644. The number of carboxylic acids is 1. The maximum absolute atomic E-state index is 12.7. The van der Waals surface area contributed by atoms with Crippen LogP contribution in [0.5, 0.6) is 0 Å². The van der Waals surface area contributed by atoms with Gasteiger partial charge in [0.25, 0.3) is 0 Å². The maximum Gasteiger partial charge on any atom is 0.322 e. The Morgan fingerprint density at radius 2 is 2.10 bits per heavy atom. The van der Waals surface area contributed by atoms with Gasteiger partial charge in [-0.2, -0.15) is 4.31 Å². The van der Waals surface area contributed by atoms with Crippen molar-refractivity contribution in [3.8, 4) is 0 Å². The van der Waals surface area contributed by atoms with Crippen LogP contribution >= 0.6 is 15.9 Å². The van der Waals surface area contributed by atoms with Crippen LogP contribution in [-0.4, -0.2) is 36.4 Å². The highest BCUT2D eigenvalue weighted by Gasteiger charge is 2.44. The largest absolute Gasteiger partial charge is 0.480 e. The minimum Gasteiger partial charge on any atom is -0.480 e. The molecular weight excluding hydrogens is 346 g/mol. The fourth-order valence-corrected chi connectivity index (χ4v) is 4.98. The van der Waals surface area contributed by atoms with Crippen molar-refractivity contribution in [2.24, 2.45) is 5.92 Å². The number of aliphatic carboxylic acids is 1. The number of benzene rings is 1. The van der Waals surface area contributed by atoms with Gasteiger partial charge in [0, 0.05) is 11.0 Å².